The maximum atomic E-state index is 14.5. The van der Waals surface area contributed by atoms with Crippen LogP contribution in [0, 0.1) is 22.7 Å². The van der Waals surface area contributed by atoms with Gasteiger partial charge in [-0.2, -0.15) is 0 Å². The molecular formula is C42H46N4O7. The molecule has 0 aromatic heterocycles. The molecule has 1 unspecified atom stereocenters. The Morgan fingerprint density at radius 2 is 1.85 bits per heavy atom. The Labute approximate surface area is 308 Å². The predicted molar refractivity (Wildman–Crippen MR) is 194 cm³/mol. The third-order valence-electron chi connectivity index (χ3n) is 15.7. The number of methoxy groups -OCH3 is 2. The minimum absolute atomic E-state index is 0.00518. The van der Waals surface area contributed by atoms with E-state index in [0.29, 0.717) is 56.4 Å². The maximum absolute atomic E-state index is 14.5. The summed E-state index contributed by atoms with van der Waals surface area (Å²) in [6.45, 7) is 2.92. The van der Waals surface area contributed by atoms with Crippen molar-refractivity contribution in [2.24, 2.45) is 22.7 Å². The smallest absolute Gasteiger partial charge is 0.414 e. The van der Waals surface area contributed by atoms with Crippen LogP contribution in [0.25, 0.3) is 0 Å². The lowest BCUT2D eigenvalue weighted by molar-refractivity contribution is -0.201. The standard InChI is InChI=1S/C42H46N4O7/c1-51-35(48)38-16-15-37(25-38)13-6-21-44-22-18-39(34(37)44)28-8-3-4-9-31(28)45(42(38,39)50)27-10-11-29-32(24-27)46(36(49)52-2)40-14-12-26-7-5-19-43-20-17-41(29,40)53-33(47)30(40)23-26/h3-11,13,24,26,30,34,43,50H,12,14-23,25H2,1-2H3/b7-5-/t26-,30?,34+,37-,38+,39-,40-,41-,42+/m1/s1. The van der Waals surface area contributed by atoms with Crippen molar-refractivity contribution >= 4 is 35.1 Å². The first-order valence-corrected chi connectivity index (χ1v) is 19.4. The molecule has 1 amide bonds. The van der Waals surface area contributed by atoms with Crippen LogP contribution in [0.1, 0.15) is 62.5 Å². The number of hydrogen-bond acceptors (Lipinski definition) is 10. The van der Waals surface area contributed by atoms with Gasteiger partial charge in [-0.15, -0.1) is 0 Å². The Hall–Kier alpha value is -4.19. The van der Waals surface area contributed by atoms with E-state index in [9.17, 15) is 19.5 Å². The third kappa shape index (κ3) is 3.32. The van der Waals surface area contributed by atoms with Crippen molar-refractivity contribution in [2.75, 3.05) is 50.2 Å². The molecule has 3 aliphatic carbocycles. The molecule has 276 valence electrons. The molecule has 2 N–H and O–H groups in total. The zero-order valence-corrected chi connectivity index (χ0v) is 30.3. The number of hydrogen-bond donors (Lipinski definition) is 2. The fraction of sp³-hybridized carbons (Fsp3) is 0.548. The van der Waals surface area contributed by atoms with Gasteiger partial charge in [-0.3, -0.25) is 19.4 Å². The van der Waals surface area contributed by atoms with Crippen molar-refractivity contribution in [1.82, 2.24) is 10.2 Å². The number of nitrogens with zero attached hydrogens (tertiary/aromatic N) is 3. The van der Waals surface area contributed by atoms with E-state index in [1.165, 1.54) is 14.2 Å². The van der Waals surface area contributed by atoms with E-state index in [1.807, 2.05) is 35.2 Å². The van der Waals surface area contributed by atoms with E-state index in [4.69, 9.17) is 14.2 Å². The fourth-order valence-electron chi connectivity index (χ4n) is 14.1. The lowest BCUT2D eigenvalue weighted by Gasteiger charge is -2.62. The number of ether oxygens (including phenoxy) is 3. The number of fused-ring (bicyclic) bond motifs is 9. The molecule has 10 aliphatic rings. The number of rotatable bonds is 2. The summed E-state index contributed by atoms with van der Waals surface area (Å²) in [7, 11) is 2.83. The Balaban J connectivity index is 1.16. The molecule has 9 atom stereocenters. The molecule has 53 heavy (non-hydrogen) atoms. The van der Waals surface area contributed by atoms with Gasteiger partial charge >= 0.3 is 18.0 Å². The second-order valence-corrected chi connectivity index (χ2v) is 17.2. The first-order chi connectivity index (χ1) is 25.7. The minimum Gasteiger partial charge on any atom is -0.468 e. The SMILES string of the molecule is COC(=O)N1c2cc(N3c4ccccc4[C@@]45CCN6CC=C[C@]7(CC[C@@](C(=O)OC)(C7)[C@@]34O)[C@H]65)ccc2[C@]23CCNC/C=C\[C@@H]4CC[C@]12C(C4)C(=O)O3. The van der Waals surface area contributed by atoms with Crippen molar-refractivity contribution in [1.29, 1.82) is 0 Å². The van der Waals surface area contributed by atoms with E-state index in [-0.39, 0.29) is 29.3 Å². The number of carbonyl (C=O) groups excluding carboxylic acids is 3. The van der Waals surface area contributed by atoms with Gasteiger partial charge in [-0.25, -0.2) is 4.79 Å². The first-order valence-electron chi connectivity index (χ1n) is 19.4. The Morgan fingerprint density at radius 3 is 2.70 bits per heavy atom. The summed E-state index contributed by atoms with van der Waals surface area (Å²) in [5.41, 5.74) is -2.05. The van der Waals surface area contributed by atoms with Gasteiger partial charge in [0.1, 0.15) is 11.0 Å². The molecule has 0 radical (unpaired) electrons. The first kappa shape index (κ1) is 32.3. The van der Waals surface area contributed by atoms with Crippen LogP contribution in [-0.2, 0) is 34.8 Å². The Morgan fingerprint density at radius 1 is 0.981 bits per heavy atom. The number of esters is 2. The van der Waals surface area contributed by atoms with Crippen molar-refractivity contribution in [2.45, 2.75) is 79.7 Å². The van der Waals surface area contributed by atoms with E-state index in [0.717, 1.165) is 49.3 Å². The molecule has 2 aromatic rings. The number of aliphatic hydroxyl groups is 1. The molecular weight excluding hydrogens is 672 g/mol. The minimum atomic E-state index is -1.68. The largest absolute Gasteiger partial charge is 0.468 e. The zero-order chi connectivity index (χ0) is 36.2. The van der Waals surface area contributed by atoms with Gasteiger partial charge in [0.2, 0.25) is 0 Å². The van der Waals surface area contributed by atoms with E-state index in [1.54, 1.807) is 4.90 Å². The lowest BCUT2D eigenvalue weighted by atomic mass is 9.48. The van der Waals surface area contributed by atoms with Crippen LogP contribution in [0.2, 0.25) is 0 Å². The highest BCUT2D eigenvalue weighted by molar-refractivity contribution is 5.99. The molecule has 12 rings (SSSR count). The number of carbonyl (C=O) groups is 3. The van der Waals surface area contributed by atoms with E-state index < -0.39 is 39.7 Å². The number of nitrogens with one attached hydrogen (secondary N) is 1. The average Bonchev–Trinajstić information content (AvgIpc) is 3.91. The number of allylic oxidation sites excluding steroid dienone is 1. The highest BCUT2D eigenvalue weighted by Gasteiger charge is 2.85. The molecule has 3 spiro atoms. The number of para-hydroxylation sites is 1. The van der Waals surface area contributed by atoms with E-state index >= 15 is 0 Å². The maximum Gasteiger partial charge on any atom is 0.414 e. The van der Waals surface area contributed by atoms with Crippen LogP contribution in [0.5, 0.6) is 0 Å². The van der Waals surface area contributed by atoms with Crippen molar-refractivity contribution in [3.05, 3.63) is 77.9 Å². The molecule has 3 saturated carbocycles. The van der Waals surface area contributed by atoms with Gasteiger partial charge in [0.25, 0.3) is 0 Å². The van der Waals surface area contributed by atoms with Gasteiger partial charge in [0.05, 0.1) is 31.2 Å². The normalized spacial score (nSPS) is 42.9. The van der Waals surface area contributed by atoms with Gasteiger partial charge in [0.15, 0.2) is 11.3 Å². The third-order valence-corrected chi connectivity index (χ3v) is 15.7. The van der Waals surface area contributed by atoms with Crippen molar-refractivity contribution in [3.63, 3.8) is 0 Å². The highest BCUT2D eigenvalue weighted by Crippen LogP contribution is 2.78. The van der Waals surface area contributed by atoms with Crippen LogP contribution in [0.15, 0.2) is 66.8 Å². The average molecular weight is 719 g/mol. The second kappa shape index (κ2) is 10.3. The Kier molecular flexibility index (Phi) is 6.27. The number of anilines is 3. The summed E-state index contributed by atoms with van der Waals surface area (Å²) in [5, 5.41) is 17.7. The second-order valence-electron chi connectivity index (χ2n) is 17.2. The summed E-state index contributed by atoms with van der Waals surface area (Å²) in [6, 6.07) is 14.2. The van der Waals surface area contributed by atoms with Gasteiger partial charge in [-0.1, -0.05) is 48.6 Å². The van der Waals surface area contributed by atoms with Crippen LogP contribution >= 0.6 is 0 Å². The van der Waals surface area contributed by atoms with Crippen LogP contribution < -0.4 is 15.1 Å². The van der Waals surface area contributed by atoms with Gasteiger partial charge < -0.3 is 29.5 Å². The number of amides is 1. The predicted octanol–water partition coefficient (Wildman–Crippen LogP) is 4.80. The molecule has 7 heterocycles. The van der Waals surface area contributed by atoms with Gasteiger partial charge in [0, 0.05) is 47.9 Å². The zero-order valence-electron chi connectivity index (χ0n) is 30.3. The summed E-state index contributed by atoms with van der Waals surface area (Å²) in [4.78, 5) is 49.0. The molecule has 2 saturated heterocycles. The van der Waals surface area contributed by atoms with Gasteiger partial charge in [-0.05, 0) is 87.7 Å². The summed E-state index contributed by atoms with van der Waals surface area (Å²) in [5.74, 6) is -0.991. The molecule has 5 fully saturated rings. The topological polar surface area (TPSA) is 121 Å². The van der Waals surface area contributed by atoms with Crippen molar-refractivity contribution < 1.29 is 33.7 Å². The molecule has 11 heteroatoms. The molecule has 7 aliphatic heterocycles. The summed E-state index contributed by atoms with van der Waals surface area (Å²) >= 11 is 0. The highest BCUT2D eigenvalue weighted by atomic mass is 16.6. The van der Waals surface area contributed by atoms with E-state index in [2.05, 4.69) is 46.7 Å². The summed E-state index contributed by atoms with van der Waals surface area (Å²) < 4.78 is 17.9. The lowest BCUT2D eigenvalue weighted by Crippen LogP contribution is -2.76. The quantitative estimate of drug-likeness (QED) is 0.255. The summed E-state index contributed by atoms with van der Waals surface area (Å²) in [6.07, 6.45) is 13.3. The molecule has 2 aromatic carbocycles. The van der Waals surface area contributed by atoms with Crippen LogP contribution in [-0.4, -0.2) is 85.7 Å². The Bertz CT molecular complexity index is 2070. The number of benzene rings is 2. The molecule has 11 nitrogen and oxygen atoms in total. The monoisotopic (exact) mass is 718 g/mol. The van der Waals surface area contributed by atoms with Crippen LogP contribution in [0.4, 0.5) is 21.9 Å². The van der Waals surface area contributed by atoms with Crippen LogP contribution in [0.3, 0.4) is 0 Å². The molecule has 6 bridgehead atoms. The van der Waals surface area contributed by atoms with Crippen molar-refractivity contribution in [3.8, 4) is 0 Å². The fourth-order valence-corrected chi connectivity index (χ4v) is 14.1.